The zero-order valence-electron chi connectivity index (χ0n) is 20.3. The molecule has 1 aliphatic heterocycles. The van der Waals surface area contributed by atoms with E-state index < -0.39 is 12.0 Å². The number of benzene rings is 2. The number of carbonyl (C=O) groups excluding carboxylic acids is 2. The number of halogens is 1. The molecule has 0 fully saturated rings. The third kappa shape index (κ3) is 4.89. The molecule has 0 bridgehead atoms. The van der Waals surface area contributed by atoms with Crippen molar-refractivity contribution in [1.82, 2.24) is 5.32 Å². The van der Waals surface area contributed by atoms with Gasteiger partial charge in [-0.2, -0.15) is 0 Å². The molecule has 1 aromatic heterocycles. The van der Waals surface area contributed by atoms with Gasteiger partial charge in [-0.3, -0.25) is 9.69 Å². The Bertz CT molecular complexity index is 1370. The Morgan fingerprint density at radius 3 is 2.44 bits per heavy atom. The molecule has 0 spiro atoms. The Kier molecular flexibility index (Phi) is 7.78. The number of ether oxygens (including phenoxy) is 1. The van der Waals surface area contributed by atoms with Gasteiger partial charge in [0.25, 0.3) is 5.91 Å². The van der Waals surface area contributed by atoms with Crippen LogP contribution < -0.4 is 15.5 Å². The molecule has 0 aliphatic carbocycles. The molecule has 1 atom stereocenters. The fraction of sp³-hybridized carbons (Fsp3) is 0.222. The molecule has 186 valence electrons. The van der Waals surface area contributed by atoms with E-state index in [0.717, 1.165) is 21.7 Å². The summed E-state index contributed by atoms with van der Waals surface area (Å²) in [7, 11) is 0. The Balaban J connectivity index is 1.83. The van der Waals surface area contributed by atoms with Gasteiger partial charge in [-0.05, 0) is 69.2 Å². The van der Waals surface area contributed by atoms with Crippen molar-refractivity contribution in [1.29, 1.82) is 0 Å². The van der Waals surface area contributed by atoms with Crippen LogP contribution >= 0.6 is 35.2 Å². The van der Waals surface area contributed by atoms with Crippen LogP contribution in [0.15, 0.2) is 65.9 Å². The van der Waals surface area contributed by atoms with Crippen molar-refractivity contribution in [3.8, 4) is 0 Å². The lowest BCUT2D eigenvalue weighted by Crippen LogP contribution is -2.48. The normalized spacial score (nSPS) is 15.5. The van der Waals surface area contributed by atoms with Crippen LogP contribution in [0.3, 0.4) is 0 Å². The fourth-order valence-electron chi connectivity index (χ4n) is 4.20. The quantitative estimate of drug-likeness (QED) is 0.273. The molecule has 0 saturated heterocycles. The lowest BCUT2D eigenvalue weighted by atomic mass is 9.94. The van der Waals surface area contributed by atoms with E-state index in [-0.39, 0.29) is 12.5 Å². The summed E-state index contributed by atoms with van der Waals surface area (Å²) < 4.78 is 5.26. The molecule has 1 amide bonds. The van der Waals surface area contributed by atoms with Gasteiger partial charge in [-0.1, -0.05) is 48.0 Å². The molecule has 0 unspecified atom stereocenters. The molecule has 9 heteroatoms. The molecule has 3 aromatic rings. The number of rotatable bonds is 6. The number of allylic oxidation sites excluding steroid dienone is 1. The first-order chi connectivity index (χ1) is 17.2. The summed E-state index contributed by atoms with van der Waals surface area (Å²) in [6, 6.07) is 16.4. The highest BCUT2D eigenvalue weighted by Crippen LogP contribution is 2.38. The second-order valence-electron chi connectivity index (χ2n) is 8.24. The van der Waals surface area contributed by atoms with E-state index in [9.17, 15) is 9.59 Å². The second kappa shape index (κ2) is 10.8. The third-order valence-electron chi connectivity index (χ3n) is 6.05. The number of thiocarbonyl (C=S) groups is 1. The Hall–Kier alpha value is -3.20. The van der Waals surface area contributed by atoms with Crippen molar-refractivity contribution >= 4 is 62.8 Å². The second-order valence-corrected chi connectivity index (χ2v) is 10.3. The summed E-state index contributed by atoms with van der Waals surface area (Å²) in [5, 5.41) is 7.71. The number of esters is 1. The first-order valence-electron chi connectivity index (χ1n) is 11.4. The molecule has 2 heterocycles. The minimum Gasteiger partial charge on any atom is -0.462 e. The lowest BCUT2D eigenvalue weighted by molar-refractivity contribution is -0.113. The maximum atomic E-state index is 13.9. The number of carbonyl (C=O) groups is 2. The molecule has 0 saturated carbocycles. The number of anilines is 2. The Morgan fingerprint density at radius 1 is 1.11 bits per heavy atom. The molecule has 2 N–H and O–H groups in total. The van der Waals surface area contributed by atoms with Crippen LogP contribution in [0.1, 0.15) is 46.3 Å². The zero-order valence-corrected chi connectivity index (χ0v) is 22.7. The van der Waals surface area contributed by atoms with Crippen LogP contribution in [0.5, 0.6) is 0 Å². The van der Waals surface area contributed by atoms with Crippen molar-refractivity contribution < 1.29 is 14.3 Å². The monoisotopic (exact) mass is 539 g/mol. The van der Waals surface area contributed by atoms with Crippen LogP contribution in [0.4, 0.5) is 10.7 Å². The first kappa shape index (κ1) is 25.9. The first-order valence-corrected chi connectivity index (χ1v) is 13.0. The molecule has 4 rings (SSSR count). The number of hydrogen-bond donors (Lipinski definition) is 2. The van der Waals surface area contributed by atoms with E-state index in [1.165, 1.54) is 11.3 Å². The SMILES string of the molecule is CCOC(=O)c1c(NC(=O)C2=C(C)N(c3ccccc3)C(=S)N[C@@H]2c2ccccc2Cl)sc(C)c1C. The molecular formula is C27H26ClN3O3S2. The van der Waals surface area contributed by atoms with Gasteiger partial charge in [-0.25, -0.2) is 4.79 Å². The van der Waals surface area contributed by atoms with E-state index in [1.54, 1.807) is 13.0 Å². The molecule has 36 heavy (non-hydrogen) atoms. The van der Waals surface area contributed by atoms with Crippen LogP contribution in [0, 0.1) is 13.8 Å². The number of para-hydroxylation sites is 1. The van der Waals surface area contributed by atoms with Crippen LogP contribution in [0.25, 0.3) is 0 Å². The van der Waals surface area contributed by atoms with Crippen molar-refractivity contribution in [2.75, 3.05) is 16.8 Å². The summed E-state index contributed by atoms with van der Waals surface area (Å²) >= 11 is 13.6. The predicted molar refractivity (Wildman–Crippen MR) is 150 cm³/mol. The third-order valence-corrected chi connectivity index (χ3v) is 7.82. The number of nitrogens with one attached hydrogen (secondary N) is 2. The fourth-order valence-corrected chi connectivity index (χ4v) is 5.85. The summed E-state index contributed by atoms with van der Waals surface area (Å²) in [6.45, 7) is 7.61. The van der Waals surface area contributed by atoms with Crippen LogP contribution in [0.2, 0.25) is 5.02 Å². The van der Waals surface area contributed by atoms with Gasteiger partial charge in [0.1, 0.15) is 5.00 Å². The molecule has 2 aromatic carbocycles. The van der Waals surface area contributed by atoms with E-state index in [4.69, 9.17) is 28.6 Å². The summed E-state index contributed by atoms with van der Waals surface area (Å²) in [5.74, 6) is -0.822. The number of nitrogens with zero attached hydrogens (tertiary/aromatic N) is 1. The predicted octanol–water partition coefficient (Wildman–Crippen LogP) is 6.54. The van der Waals surface area contributed by atoms with Crippen LogP contribution in [-0.4, -0.2) is 23.6 Å². The summed E-state index contributed by atoms with van der Waals surface area (Å²) in [6.07, 6.45) is 0. The number of hydrogen-bond acceptors (Lipinski definition) is 5. The standard InChI is InChI=1S/C27H26ClN3O3S2/c1-5-34-26(33)21-15(2)17(4)36-25(21)30-24(32)22-16(3)31(18-11-7-6-8-12-18)27(35)29-23(22)19-13-9-10-14-20(19)28/h6-14,23H,5H2,1-4H3,(H,29,35)(H,30,32)/t23-/m1/s1. The average Bonchev–Trinajstić information content (AvgIpc) is 3.12. The van der Waals surface area contributed by atoms with Crippen molar-refractivity contribution in [3.05, 3.63) is 92.5 Å². The highest BCUT2D eigenvalue weighted by atomic mass is 35.5. The summed E-state index contributed by atoms with van der Waals surface area (Å²) in [5.41, 5.74) is 3.82. The maximum Gasteiger partial charge on any atom is 0.341 e. The number of aryl methyl sites for hydroxylation is 1. The van der Waals surface area contributed by atoms with Gasteiger partial charge >= 0.3 is 5.97 Å². The van der Waals surface area contributed by atoms with E-state index in [2.05, 4.69) is 10.6 Å². The van der Waals surface area contributed by atoms with Gasteiger partial charge < -0.3 is 15.4 Å². The number of thiophene rings is 1. The van der Waals surface area contributed by atoms with Gasteiger partial charge in [-0.15, -0.1) is 11.3 Å². The zero-order chi connectivity index (χ0) is 26.0. The van der Waals surface area contributed by atoms with Crippen molar-refractivity contribution in [2.45, 2.75) is 33.7 Å². The van der Waals surface area contributed by atoms with Crippen molar-refractivity contribution in [2.24, 2.45) is 0 Å². The lowest BCUT2D eigenvalue weighted by Gasteiger charge is -2.38. The largest absolute Gasteiger partial charge is 0.462 e. The Labute approximate surface area is 224 Å². The average molecular weight is 540 g/mol. The molecule has 1 aliphatic rings. The van der Waals surface area contributed by atoms with Crippen LogP contribution in [-0.2, 0) is 9.53 Å². The smallest absolute Gasteiger partial charge is 0.341 e. The van der Waals surface area contributed by atoms with Gasteiger partial charge in [0.15, 0.2) is 5.11 Å². The Morgan fingerprint density at radius 2 is 1.78 bits per heavy atom. The van der Waals surface area contributed by atoms with Gasteiger partial charge in [0, 0.05) is 21.3 Å². The maximum absolute atomic E-state index is 13.9. The highest BCUT2D eigenvalue weighted by molar-refractivity contribution is 7.80. The molecular weight excluding hydrogens is 514 g/mol. The van der Waals surface area contributed by atoms with Gasteiger partial charge in [0.2, 0.25) is 0 Å². The topological polar surface area (TPSA) is 70.7 Å². The minimum absolute atomic E-state index is 0.243. The number of amides is 1. The van der Waals surface area contributed by atoms with E-state index >= 15 is 0 Å². The summed E-state index contributed by atoms with van der Waals surface area (Å²) in [4.78, 5) is 29.4. The van der Waals surface area contributed by atoms with Gasteiger partial charge in [0.05, 0.1) is 23.8 Å². The highest BCUT2D eigenvalue weighted by Gasteiger charge is 2.36. The molecule has 6 nitrogen and oxygen atoms in total. The molecule has 0 radical (unpaired) electrons. The minimum atomic E-state index is -0.584. The van der Waals surface area contributed by atoms with Crippen molar-refractivity contribution in [3.63, 3.8) is 0 Å². The van der Waals surface area contributed by atoms with E-state index in [0.29, 0.717) is 32.0 Å². The van der Waals surface area contributed by atoms with E-state index in [1.807, 2.05) is 74.2 Å².